The van der Waals surface area contributed by atoms with Crippen LogP contribution in [-0.4, -0.2) is 12.3 Å². The van der Waals surface area contributed by atoms with Crippen LogP contribution in [0.2, 0.25) is 0 Å². The van der Waals surface area contributed by atoms with Crippen molar-refractivity contribution >= 4 is 6.16 Å². The van der Waals surface area contributed by atoms with E-state index in [1.807, 2.05) is 27.7 Å². The van der Waals surface area contributed by atoms with Crippen molar-refractivity contribution in [3.8, 4) is 0 Å². The van der Waals surface area contributed by atoms with Crippen molar-refractivity contribution in [2.24, 2.45) is 5.41 Å². The highest BCUT2D eigenvalue weighted by Gasteiger charge is 2.27. The van der Waals surface area contributed by atoms with Gasteiger partial charge in [0.05, 0.1) is 0 Å². The van der Waals surface area contributed by atoms with Crippen LogP contribution < -0.4 is 0 Å². The van der Waals surface area contributed by atoms with Gasteiger partial charge in [0, 0.05) is 0 Å². The molecule has 0 aliphatic carbocycles. The summed E-state index contributed by atoms with van der Waals surface area (Å²) in [5.74, 6) is 0. The Hall–Kier alpha value is -0.730. The van der Waals surface area contributed by atoms with Gasteiger partial charge in [0.2, 0.25) is 0 Å². The SMILES string of the molecule is CCCC(OC([O])=O)C(C)(C)C. The van der Waals surface area contributed by atoms with E-state index in [-0.39, 0.29) is 11.5 Å². The Morgan fingerprint density at radius 2 is 1.92 bits per heavy atom. The highest BCUT2D eigenvalue weighted by Crippen LogP contribution is 2.25. The van der Waals surface area contributed by atoms with E-state index in [0.29, 0.717) is 0 Å². The van der Waals surface area contributed by atoms with Crippen molar-refractivity contribution in [1.82, 2.24) is 0 Å². The average molecular weight is 173 g/mol. The van der Waals surface area contributed by atoms with Crippen molar-refractivity contribution < 1.29 is 14.6 Å². The topological polar surface area (TPSA) is 46.2 Å². The molecule has 12 heavy (non-hydrogen) atoms. The molecule has 0 aliphatic heterocycles. The molecule has 1 radical (unpaired) electrons. The second-order valence-electron chi connectivity index (χ2n) is 4.01. The molecule has 3 heteroatoms. The van der Waals surface area contributed by atoms with Gasteiger partial charge in [0.1, 0.15) is 6.10 Å². The fourth-order valence-electron chi connectivity index (χ4n) is 1.05. The smallest absolute Gasteiger partial charge is 0.428 e. The van der Waals surface area contributed by atoms with E-state index in [4.69, 9.17) is 0 Å². The van der Waals surface area contributed by atoms with Crippen LogP contribution in [0.3, 0.4) is 0 Å². The number of carbonyl (C=O) groups is 1. The second-order valence-corrected chi connectivity index (χ2v) is 4.01. The maximum absolute atomic E-state index is 10.2. The van der Waals surface area contributed by atoms with Crippen LogP contribution in [0.5, 0.6) is 0 Å². The number of carbonyl (C=O) groups excluding carboxylic acids is 1. The lowest BCUT2D eigenvalue weighted by molar-refractivity contribution is -0.0163. The number of ether oxygens (including phenoxy) is 1. The van der Waals surface area contributed by atoms with E-state index < -0.39 is 6.16 Å². The van der Waals surface area contributed by atoms with Gasteiger partial charge in [-0.05, 0) is 11.8 Å². The summed E-state index contributed by atoms with van der Waals surface area (Å²) in [5, 5.41) is 10.2. The maximum atomic E-state index is 10.2. The van der Waals surface area contributed by atoms with E-state index >= 15 is 0 Å². The second kappa shape index (κ2) is 4.33. The summed E-state index contributed by atoms with van der Waals surface area (Å²) in [4.78, 5) is 10.2. The molecule has 0 aromatic heterocycles. The summed E-state index contributed by atoms with van der Waals surface area (Å²) in [7, 11) is 0. The molecule has 0 N–H and O–H groups in total. The molecule has 0 spiro atoms. The molecule has 0 bridgehead atoms. The predicted molar refractivity (Wildman–Crippen MR) is 45.3 cm³/mol. The summed E-state index contributed by atoms with van der Waals surface area (Å²) in [6, 6.07) is 0. The van der Waals surface area contributed by atoms with Gasteiger partial charge in [-0.1, -0.05) is 34.1 Å². The number of hydrogen-bond donors (Lipinski definition) is 0. The normalized spacial score (nSPS) is 14.0. The first-order valence-corrected chi connectivity index (χ1v) is 4.25. The van der Waals surface area contributed by atoms with Gasteiger partial charge >= 0.3 is 6.16 Å². The summed E-state index contributed by atoms with van der Waals surface area (Å²) in [6.45, 7) is 7.86. The Morgan fingerprint density at radius 1 is 1.42 bits per heavy atom. The van der Waals surface area contributed by atoms with Crippen molar-refractivity contribution in [3.05, 3.63) is 0 Å². The minimum atomic E-state index is -1.43. The third-order valence-corrected chi connectivity index (χ3v) is 1.76. The molecule has 71 valence electrons. The van der Waals surface area contributed by atoms with Crippen LogP contribution in [0.4, 0.5) is 4.79 Å². The standard InChI is InChI=1S/C9H17O3/c1-5-6-7(9(2,3)4)12-8(10)11/h7H,5-6H2,1-4H3. The number of rotatable bonds is 3. The van der Waals surface area contributed by atoms with Crippen molar-refractivity contribution in [3.63, 3.8) is 0 Å². The van der Waals surface area contributed by atoms with Gasteiger partial charge in [-0.3, -0.25) is 0 Å². The molecular formula is C9H17O3. The fourth-order valence-corrected chi connectivity index (χ4v) is 1.05. The maximum Gasteiger partial charge on any atom is 0.550 e. The first kappa shape index (κ1) is 11.3. The summed E-state index contributed by atoms with van der Waals surface area (Å²) in [5.41, 5.74) is -0.143. The van der Waals surface area contributed by atoms with Crippen LogP contribution >= 0.6 is 0 Å². The fraction of sp³-hybridized carbons (Fsp3) is 0.889. The predicted octanol–water partition coefficient (Wildman–Crippen LogP) is 2.77. The van der Waals surface area contributed by atoms with Crippen LogP contribution in [0.25, 0.3) is 0 Å². The zero-order valence-corrected chi connectivity index (χ0v) is 8.22. The molecule has 0 aliphatic rings. The first-order chi connectivity index (χ1) is 5.38. The zero-order valence-electron chi connectivity index (χ0n) is 8.22. The monoisotopic (exact) mass is 173 g/mol. The lowest BCUT2D eigenvalue weighted by Crippen LogP contribution is -2.30. The van der Waals surface area contributed by atoms with Crippen molar-refractivity contribution in [1.29, 1.82) is 0 Å². The Bertz CT molecular complexity index is 146. The zero-order chi connectivity index (χ0) is 9.78. The molecule has 0 aromatic carbocycles. The molecular weight excluding hydrogens is 156 g/mol. The minimum absolute atomic E-state index is 0.143. The van der Waals surface area contributed by atoms with Crippen LogP contribution in [0, 0.1) is 5.41 Å². The Morgan fingerprint density at radius 3 is 2.17 bits per heavy atom. The highest BCUT2D eigenvalue weighted by atomic mass is 16.7. The lowest BCUT2D eigenvalue weighted by atomic mass is 9.86. The minimum Gasteiger partial charge on any atom is -0.428 e. The van der Waals surface area contributed by atoms with Crippen molar-refractivity contribution in [2.45, 2.75) is 46.6 Å². The first-order valence-electron chi connectivity index (χ1n) is 4.25. The Balaban J connectivity index is 4.13. The third-order valence-electron chi connectivity index (χ3n) is 1.76. The molecule has 1 atom stereocenters. The molecule has 0 saturated heterocycles. The average Bonchev–Trinajstić information content (AvgIpc) is 1.83. The van der Waals surface area contributed by atoms with Gasteiger partial charge in [-0.25, -0.2) is 0 Å². The van der Waals surface area contributed by atoms with E-state index in [1.54, 1.807) is 0 Å². The van der Waals surface area contributed by atoms with Gasteiger partial charge in [0.15, 0.2) is 0 Å². The summed E-state index contributed by atoms with van der Waals surface area (Å²) < 4.78 is 4.66. The van der Waals surface area contributed by atoms with E-state index in [0.717, 1.165) is 12.8 Å². The van der Waals surface area contributed by atoms with Gasteiger partial charge in [-0.2, -0.15) is 9.90 Å². The molecule has 0 rings (SSSR count). The Labute approximate surface area is 73.7 Å². The van der Waals surface area contributed by atoms with Gasteiger partial charge < -0.3 is 4.74 Å². The summed E-state index contributed by atoms with van der Waals surface area (Å²) in [6.07, 6.45) is -0.0250. The molecule has 0 heterocycles. The molecule has 1 unspecified atom stereocenters. The van der Waals surface area contributed by atoms with Gasteiger partial charge in [0.25, 0.3) is 0 Å². The van der Waals surface area contributed by atoms with Gasteiger partial charge in [-0.15, -0.1) is 0 Å². The Kier molecular flexibility index (Phi) is 4.07. The molecule has 0 amide bonds. The molecule has 0 saturated carbocycles. The summed E-state index contributed by atoms with van der Waals surface area (Å²) >= 11 is 0. The van der Waals surface area contributed by atoms with E-state index in [2.05, 4.69) is 4.74 Å². The largest absolute Gasteiger partial charge is 0.550 e. The lowest BCUT2D eigenvalue weighted by Gasteiger charge is -2.28. The van der Waals surface area contributed by atoms with E-state index in [9.17, 15) is 9.90 Å². The van der Waals surface area contributed by atoms with Crippen LogP contribution in [-0.2, 0) is 9.84 Å². The third kappa shape index (κ3) is 4.21. The van der Waals surface area contributed by atoms with Crippen LogP contribution in [0.1, 0.15) is 40.5 Å². The number of hydrogen-bond acceptors (Lipinski definition) is 2. The van der Waals surface area contributed by atoms with E-state index in [1.165, 1.54) is 0 Å². The van der Waals surface area contributed by atoms with Crippen molar-refractivity contribution in [2.75, 3.05) is 0 Å². The molecule has 3 nitrogen and oxygen atoms in total. The molecule has 0 aromatic rings. The molecule has 0 fully saturated rings. The highest BCUT2D eigenvalue weighted by molar-refractivity contribution is 5.56. The quantitative estimate of drug-likeness (QED) is 0.616. The van der Waals surface area contributed by atoms with Crippen LogP contribution in [0.15, 0.2) is 0 Å².